The van der Waals surface area contributed by atoms with Crippen molar-refractivity contribution in [1.82, 2.24) is 14.5 Å². The van der Waals surface area contributed by atoms with Crippen LogP contribution in [-0.4, -0.2) is 27.9 Å². The molecule has 0 aliphatic carbocycles. The number of para-hydroxylation sites is 1. The molecule has 39 heavy (non-hydrogen) atoms. The second-order valence-electron chi connectivity index (χ2n) is 8.88. The van der Waals surface area contributed by atoms with E-state index in [0.717, 1.165) is 22.3 Å². The summed E-state index contributed by atoms with van der Waals surface area (Å²) in [6.07, 6.45) is 3.34. The molecule has 0 spiro atoms. The average molecular weight is 542 g/mol. The Morgan fingerprint density at radius 3 is 2.62 bits per heavy atom. The molecule has 3 heterocycles. The van der Waals surface area contributed by atoms with Crippen molar-refractivity contribution in [3.05, 3.63) is 97.8 Å². The Hall–Kier alpha value is -4.48. The summed E-state index contributed by atoms with van der Waals surface area (Å²) in [6, 6.07) is 14.6. The molecule has 8 nitrogen and oxygen atoms in total. The summed E-state index contributed by atoms with van der Waals surface area (Å²) in [5.41, 5.74) is 4.71. The van der Waals surface area contributed by atoms with Gasteiger partial charge in [-0.25, -0.2) is 4.98 Å². The number of benzene rings is 1. The van der Waals surface area contributed by atoms with Gasteiger partial charge < -0.3 is 14.0 Å². The van der Waals surface area contributed by atoms with Crippen molar-refractivity contribution in [2.45, 2.75) is 40.8 Å². The van der Waals surface area contributed by atoms with Crippen molar-refractivity contribution in [3.63, 3.8) is 0 Å². The molecular formula is C30H28ClN5O3. The second kappa shape index (κ2) is 11.9. The summed E-state index contributed by atoms with van der Waals surface area (Å²) in [5, 5.41) is 10.7. The molecule has 0 saturated heterocycles. The number of aromatic nitrogens is 3. The number of aliphatic imine (C=N–C) groups is 1. The molecule has 9 heteroatoms. The van der Waals surface area contributed by atoms with E-state index in [4.69, 9.17) is 26.1 Å². The van der Waals surface area contributed by atoms with Gasteiger partial charge in [-0.15, -0.1) is 0 Å². The Morgan fingerprint density at radius 1 is 1.15 bits per heavy atom. The van der Waals surface area contributed by atoms with Crippen molar-refractivity contribution < 1.29 is 9.47 Å². The first-order valence-electron chi connectivity index (χ1n) is 12.3. The predicted octanol–water partition coefficient (Wildman–Crippen LogP) is 5.93. The predicted molar refractivity (Wildman–Crippen MR) is 153 cm³/mol. The highest BCUT2D eigenvalue weighted by Crippen LogP contribution is 2.34. The lowest BCUT2D eigenvalue weighted by Crippen LogP contribution is -2.23. The summed E-state index contributed by atoms with van der Waals surface area (Å²) in [6.45, 7) is 7.69. The zero-order valence-corrected chi connectivity index (χ0v) is 23.2. The molecule has 4 rings (SSSR count). The van der Waals surface area contributed by atoms with Gasteiger partial charge in [-0.2, -0.15) is 5.26 Å². The highest BCUT2D eigenvalue weighted by Gasteiger charge is 2.18. The van der Waals surface area contributed by atoms with Crippen LogP contribution in [0.2, 0.25) is 0 Å². The van der Waals surface area contributed by atoms with Crippen LogP contribution in [0.3, 0.4) is 0 Å². The third-order valence-electron chi connectivity index (χ3n) is 6.12. The number of fused-ring (bicyclic) bond motifs is 1. The molecule has 3 aromatic heterocycles. The van der Waals surface area contributed by atoms with Crippen LogP contribution in [0.1, 0.15) is 47.6 Å². The van der Waals surface area contributed by atoms with Crippen LogP contribution in [0.15, 0.2) is 63.5 Å². The number of methoxy groups -OCH3 is 1. The molecule has 0 aliphatic rings. The van der Waals surface area contributed by atoms with Crippen LogP contribution < -0.4 is 15.0 Å². The molecule has 0 radical (unpaired) electrons. The van der Waals surface area contributed by atoms with Crippen LogP contribution in [-0.2, 0) is 13.2 Å². The molecule has 0 N–H and O–H groups in total. The Morgan fingerprint density at radius 2 is 1.92 bits per heavy atom. The maximum Gasteiger partial charge on any atom is 0.268 e. The first-order valence-corrected chi connectivity index (χ1v) is 12.7. The minimum absolute atomic E-state index is 0.0657. The minimum atomic E-state index is -0.386. The van der Waals surface area contributed by atoms with E-state index in [1.807, 2.05) is 64.1 Å². The first kappa shape index (κ1) is 27.6. The third kappa shape index (κ3) is 5.84. The van der Waals surface area contributed by atoms with E-state index in [9.17, 15) is 10.1 Å². The Balaban J connectivity index is 1.78. The summed E-state index contributed by atoms with van der Waals surface area (Å²) in [5.74, 6) is 1.16. The summed E-state index contributed by atoms with van der Waals surface area (Å²) in [4.78, 5) is 26.7. The van der Waals surface area contributed by atoms with Crippen LogP contribution in [0.4, 0.5) is 0 Å². The number of nitrogens with zero attached hydrogens (tertiary/aromatic N) is 5. The number of hydrogen-bond donors (Lipinski definition) is 0. The number of halogens is 1. The summed E-state index contributed by atoms with van der Waals surface area (Å²) in [7, 11) is 1.58. The van der Waals surface area contributed by atoms with Gasteiger partial charge in [0.2, 0.25) is 0 Å². The molecule has 0 saturated carbocycles. The maximum atomic E-state index is 12.7. The van der Waals surface area contributed by atoms with E-state index < -0.39 is 0 Å². The van der Waals surface area contributed by atoms with Gasteiger partial charge in [0.15, 0.2) is 0 Å². The second-order valence-corrected chi connectivity index (χ2v) is 9.45. The normalized spacial score (nSPS) is 11.9. The topological polar surface area (TPSA) is 102 Å². The monoisotopic (exact) mass is 541 g/mol. The lowest BCUT2D eigenvalue weighted by Gasteiger charge is -2.17. The smallest absolute Gasteiger partial charge is 0.268 e. The fourth-order valence-electron chi connectivity index (χ4n) is 4.39. The molecule has 198 valence electrons. The number of nitriles is 1. The number of pyridine rings is 3. The fraction of sp³-hybridized carbons (Fsp3) is 0.233. The molecule has 0 unspecified atom stereocenters. The fourth-order valence-corrected chi connectivity index (χ4v) is 4.54. The first-order chi connectivity index (χ1) is 18.8. The zero-order chi connectivity index (χ0) is 28.1. The Labute approximate surface area is 231 Å². The Kier molecular flexibility index (Phi) is 8.43. The Bertz CT molecular complexity index is 1710. The molecule has 0 fully saturated rings. The van der Waals surface area contributed by atoms with Gasteiger partial charge >= 0.3 is 0 Å². The third-order valence-corrected chi connectivity index (χ3v) is 6.30. The summed E-state index contributed by atoms with van der Waals surface area (Å²) >= 11 is 6.40. The van der Waals surface area contributed by atoms with E-state index in [0.29, 0.717) is 39.0 Å². The highest BCUT2D eigenvalue weighted by atomic mass is 35.5. The number of ether oxygens (including phenoxy) is 2. The lowest BCUT2D eigenvalue weighted by atomic mass is 10.0. The number of hydrogen-bond acceptors (Lipinski definition) is 7. The molecule has 0 amide bonds. The van der Waals surface area contributed by atoms with Crippen LogP contribution in [0, 0.1) is 25.2 Å². The number of rotatable bonds is 8. The summed E-state index contributed by atoms with van der Waals surface area (Å²) < 4.78 is 13.5. The molecule has 0 bridgehead atoms. The van der Waals surface area contributed by atoms with Gasteiger partial charge in [0, 0.05) is 45.8 Å². The van der Waals surface area contributed by atoms with Crippen LogP contribution >= 0.6 is 11.6 Å². The minimum Gasteiger partial charge on any atom is -0.496 e. The van der Waals surface area contributed by atoms with E-state index in [2.05, 4.69) is 9.98 Å². The van der Waals surface area contributed by atoms with E-state index in [1.54, 1.807) is 25.6 Å². The highest BCUT2D eigenvalue weighted by molar-refractivity contribution is 6.32. The average Bonchev–Trinajstić information content (AvgIpc) is 2.91. The molecular weight excluding hydrogens is 514 g/mol. The van der Waals surface area contributed by atoms with E-state index >= 15 is 0 Å². The molecule has 4 aromatic rings. The van der Waals surface area contributed by atoms with Gasteiger partial charge in [0.1, 0.15) is 35.3 Å². The SMILES string of the molecule is CC=N/C(=C(\C)Cl)c1cc(C)nc2c(OCc3c(OC)cc(C)nc3Cn3cccc(C#N)c3=O)cccc12. The zero-order valence-electron chi connectivity index (χ0n) is 22.4. The van der Waals surface area contributed by atoms with Crippen molar-refractivity contribution in [1.29, 1.82) is 5.26 Å². The number of allylic oxidation sites excluding steroid dienone is 1. The van der Waals surface area contributed by atoms with Crippen molar-refractivity contribution in [2.24, 2.45) is 4.99 Å². The van der Waals surface area contributed by atoms with Crippen molar-refractivity contribution in [3.8, 4) is 17.6 Å². The standard InChI is InChI=1S/C30H28ClN5O3/c1-6-33-28(20(4)31)23-13-18(2)35-29-22(23)10-7-11-26(29)39-17-24-25(34-19(3)14-27(24)38-5)16-36-12-8-9-21(15-32)30(36)37/h6-14H,16-17H2,1-5H3/b28-20+,33-6?. The quantitative estimate of drug-likeness (QED) is 0.256. The van der Waals surface area contributed by atoms with Crippen molar-refractivity contribution >= 4 is 34.4 Å². The van der Waals surface area contributed by atoms with Crippen LogP contribution in [0.25, 0.3) is 16.6 Å². The van der Waals surface area contributed by atoms with E-state index in [-0.39, 0.29) is 24.3 Å². The maximum absolute atomic E-state index is 12.7. The van der Waals surface area contributed by atoms with E-state index in [1.165, 1.54) is 10.6 Å². The molecule has 0 aliphatic heterocycles. The molecule has 0 atom stereocenters. The van der Waals surface area contributed by atoms with Crippen LogP contribution in [0.5, 0.6) is 11.5 Å². The van der Waals surface area contributed by atoms with Gasteiger partial charge in [0.25, 0.3) is 5.56 Å². The largest absolute Gasteiger partial charge is 0.496 e. The van der Waals surface area contributed by atoms with Gasteiger partial charge in [-0.3, -0.25) is 14.8 Å². The van der Waals surface area contributed by atoms with Gasteiger partial charge in [-0.1, -0.05) is 23.7 Å². The molecule has 1 aromatic carbocycles. The lowest BCUT2D eigenvalue weighted by molar-refractivity contribution is 0.296. The van der Waals surface area contributed by atoms with Gasteiger partial charge in [0.05, 0.1) is 30.6 Å². The van der Waals surface area contributed by atoms with Gasteiger partial charge in [-0.05, 0) is 52.0 Å². The van der Waals surface area contributed by atoms with Crippen molar-refractivity contribution in [2.75, 3.05) is 7.11 Å². The number of aryl methyl sites for hydroxylation is 2.